The first-order valence-electron chi connectivity index (χ1n) is 8.09. The average Bonchev–Trinajstić information content (AvgIpc) is 2.76. The number of sulfone groups is 1. The van der Waals surface area contributed by atoms with Gasteiger partial charge < -0.3 is 5.32 Å². The largest absolute Gasteiger partial charge is 0.325 e. The standard InChI is InChI=1S/C17H19FN2O5S/c1-16(2,3)13(21)9-20-14(22)17(19-15(20)23)6-7-26(24,25)12-5-4-10(18)8-11(12)17/h4-5,8H,6-7,9H2,1-3H3,(H,19,23)/t17-/m1/s1. The number of halogens is 1. The summed E-state index contributed by atoms with van der Waals surface area (Å²) in [6, 6.07) is 2.27. The lowest BCUT2D eigenvalue weighted by molar-refractivity contribution is -0.137. The van der Waals surface area contributed by atoms with E-state index in [4.69, 9.17) is 0 Å². The van der Waals surface area contributed by atoms with Crippen LogP contribution < -0.4 is 5.32 Å². The van der Waals surface area contributed by atoms with Crippen LogP contribution >= 0.6 is 0 Å². The summed E-state index contributed by atoms with van der Waals surface area (Å²) in [5.41, 5.74) is -2.51. The molecule has 1 aromatic rings. The van der Waals surface area contributed by atoms with Crippen LogP contribution in [-0.4, -0.2) is 43.3 Å². The molecule has 1 aromatic carbocycles. The predicted octanol–water partition coefficient (Wildman–Crippen LogP) is 1.37. The Bertz CT molecular complexity index is 935. The summed E-state index contributed by atoms with van der Waals surface area (Å²) >= 11 is 0. The van der Waals surface area contributed by atoms with E-state index in [0.29, 0.717) is 0 Å². The number of Topliss-reactive ketones (excluding diaryl/α,β-unsaturated/α-hetero) is 1. The minimum atomic E-state index is -3.68. The Morgan fingerprint density at radius 3 is 2.58 bits per heavy atom. The molecule has 2 heterocycles. The average molecular weight is 382 g/mol. The Labute approximate surface area is 150 Å². The number of nitrogens with zero attached hydrogens (tertiary/aromatic N) is 1. The molecule has 0 radical (unpaired) electrons. The molecule has 3 rings (SSSR count). The zero-order chi connectivity index (χ0) is 19.5. The van der Waals surface area contributed by atoms with Gasteiger partial charge in [-0.1, -0.05) is 20.8 Å². The number of fused-ring (bicyclic) bond motifs is 2. The molecule has 3 amide bonds. The van der Waals surface area contributed by atoms with Crippen molar-refractivity contribution in [3.8, 4) is 0 Å². The van der Waals surface area contributed by atoms with Crippen LogP contribution in [0.25, 0.3) is 0 Å². The van der Waals surface area contributed by atoms with Crippen LogP contribution in [0.1, 0.15) is 32.8 Å². The van der Waals surface area contributed by atoms with Gasteiger partial charge in [-0.2, -0.15) is 0 Å². The lowest BCUT2D eigenvalue weighted by Gasteiger charge is -2.33. The van der Waals surface area contributed by atoms with Gasteiger partial charge in [0, 0.05) is 11.0 Å². The van der Waals surface area contributed by atoms with Crippen LogP contribution in [0.2, 0.25) is 0 Å². The molecule has 1 atom stereocenters. The van der Waals surface area contributed by atoms with E-state index in [1.165, 1.54) is 0 Å². The van der Waals surface area contributed by atoms with Gasteiger partial charge in [-0.05, 0) is 24.6 Å². The number of imide groups is 1. The van der Waals surface area contributed by atoms with Crippen LogP contribution in [0.5, 0.6) is 0 Å². The number of carbonyl (C=O) groups is 3. The van der Waals surface area contributed by atoms with Crippen molar-refractivity contribution in [1.29, 1.82) is 0 Å². The number of hydrogen-bond acceptors (Lipinski definition) is 5. The second kappa shape index (κ2) is 5.60. The minimum absolute atomic E-state index is 0.0900. The van der Waals surface area contributed by atoms with Gasteiger partial charge in [-0.3, -0.25) is 14.5 Å². The summed E-state index contributed by atoms with van der Waals surface area (Å²) in [5.74, 6) is -2.13. The van der Waals surface area contributed by atoms with E-state index >= 15 is 0 Å². The summed E-state index contributed by atoms with van der Waals surface area (Å²) in [7, 11) is -3.68. The summed E-state index contributed by atoms with van der Waals surface area (Å²) < 4.78 is 38.4. The maximum Gasteiger partial charge on any atom is 0.325 e. The second-order valence-electron chi connectivity index (χ2n) is 7.61. The van der Waals surface area contributed by atoms with Crippen LogP contribution in [0.4, 0.5) is 9.18 Å². The summed E-state index contributed by atoms with van der Waals surface area (Å²) in [6.45, 7) is 4.58. The van der Waals surface area contributed by atoms with Gasteiger partial charge >= 0.3 is 6.03 Å². The fraction of sp³-hybridized carbons (Fsp3) is 0.471. The van der Waals surface area contributed by atoms with E-state index in [2.05, 4.69) is 5.32 Å². The van der Waals surface area contributed by atoms with Crippen molar-refractivity contribution in [1.82, 2.24) is 10.2 Å². The van der Waals surface area contributed by atoms with Crippen molar-refractivity contribution in [2.75, 3.05) is 12.3 Å². The molecule has 0 aromatic heterocycles. The minimum Gasteiger partial charge on any atom is -0.319 e. The third kappa shape index (κ3) is 2.70. The Morgan fingerprint density at radius 2 is 1.96 bits per heavy atom. The van der Waals surface area contributed by atoms with Gasteiger partial charge in [-0.25, -0.2) is 17.6 Å². The van der Waals surface area contributed by atoms with Crippen molar-refractivity contribution in [2.24, 2.45) is 5.41 Å². The molecule has 1 N–H and O–H groups in total. The van der Waals surface area contributed by atoms with E-state index in [1.54, 1.807) is 20.8 Å². The van der Waals surface area contributed by atoms with E-state index < -0.39 is 45.1 Å². The third-order valence-corrected chi connectivity index (χ3v) is 6.56. The fourth-order valence-corrected chi connectivity index (χ4v) is 4.78. The van der Waals surface area contributed by atoms with Crippen molar-refractivity contribution in [3.63, 3.8) is 0 Å². The highest BCUT2D eigenvalue weighted by Gasteiger charge is 2.57. The lowest BCUT2D eigenvalue weighted by Crippen LogP contribution is -2.49. The molecule has 9 heteroatoms. The number of amides is 3. The van der Waals surface area contributed by atoms with Gasteiger partial charge in [0.05, 0.1) is 17.2 Å². The van der Waals surface area contributed by atoms with E-state index in [-0.39, 0.29) is 28.4 Å². The molecule has 26 heavy (non-hydrogen) atoms. The highest BCUT2D eigenvalue weighted by atomic mass is 32.2. The molecule has 140 valence electrons. The molecule has 1 spiro atoms. The molecular formula is C17H19FN2O5S. The SMILES string of the molecule is CC(C)(C)C(=O)CN1C(=O)N[C@@]2(CCS(=O)(=O)c3ccc(F)cc32)C1=O. The van der Waals surface area contributed by atoms with Crippen molar-refractivity contribution >= 4 is 27.6 Å². The molecule has 7 nitrogen and oxygen atoms in total. The molecule has 1 saturated heterocycles. The zero-order valence-electron chi connectivity index (χ0n) is 14.6. The molecular weight excluding hydrogens is 363 g/mol. The summed E-state index contributed by atoms with van der Waals surface area (Å²) in [4.78, 5) is 38.2. The maximum atomic E-state index is 13.8. The van der Waals surface area contributed by atoms with Crippen molar-refractivity contribution < 1.29 is 27.2 Å². The zero-order valence-corrected chi connectivity index (χ0v) is 15.4. The summed E-state index contributed by atoms with van der Waals surface area (Å²) in [6.07, 6.45) is -0.212. The van der Waals surface area contributed by atoms with E-state index in [1.807, 2.05) is 0 Å². The van der Waals surface area contributed by atoms with Crippen LogP contribution in [0.3, 0.4) is 0 Å². The normalized spacial score (nSPS) is 24.5. The van der Waals surface area contributed by atoms with E-state index in [9.17, 15) is 27.2 Å². The highest BCUT2D eigenvalue weighted by Crippen LogP contribution is 2.41. The Morgan fingerprint density at radius 1 is 1.31 bits per heavy atom. The number of nitrogens with one attached hydrogen (secondary N) is 1. The number of urea groups is 1. The topological polar surface area (TPSA) is 101 Å². The molecule has 1 fully saturated rings. The maximum absolute atomic E-state index is 13.8. The molecule has 0 saturated carbocycles. The van der Waals surface area contributed by atoms with E-state index in [0.717, 1.165) is 23.1 Å². The van der Waals surface area contributed by atoms with Gasteiger partial charge in [0.1, 0.15) is 11.4 Å². The monoisotopic (exact) mass is 382 g/mol. The predicted molar refractivity (Wildman–Crippen MR) is 89.5 cm³/mol. The molecule has 2 aliphatic rings. The third-order valence-electron chi connectivity index (χ3n) is 4.80. The van der Waals surface area contributed by atoms with Crippen LogP contribution in [0.15, 0.2) is 23.1 Å². The number of hydrogen-bond donors (Lipinski definition) is 1. The van der Waals surface area contributed by atoms with Gasteiger partial charge in [0.2, 0.25) is 0 Å². The quantitative estimate of drug-likeness (QED) is 0.615. The molecule has 0 unspecified atom stereocenters. The number of rotatable bonds is 2. The molecule has 2 aliphatic heterocycles. The van der Waals surface area contributed by atoms with Gasteiger partial charge in [0.25, 0.3) is 5.91 Å². The smallest absolute Gasteiger partial charge is 0.319 e. The fourth-order valence-electron chi connectivity index (χ4n) is 3.14. The Hall–Kier alpha value is -2.29. The Kier molecular flexibility index (Phi) is 3.99. The first kappa shape index (κ1) is 18.5. The number of carbonyl (C=O) groups excluding carboxylic acids is 3. The van der Waals surface area contributed by atoms with Crippen LogP contribution in [-0.2, 0) is 25.0 Å². The lowest BCUT2D eigenvalue weighted by atomic mass is 9.86. The van der Waals surface area contributed by atoms with Gasteiger partial charge in [-0.15, -0.1) is 0 Å². The number of benzene rings is 1. The molecule has 0 bridgehead atoms. The summed E-state index contributed by atoms with van der Waals surface area (Å²) in [5, 5.41) is 2.50. The highest BCUT2D eigenvalue weighted by molar-refractivity contribution is 7.91. The van der Waals surface area contributed by atoms with Crippen molar-refractivity contribution in [3.05, 3.63) is 29.6 Å². The first-order chi connectivity index (χ1) is 11.9. The van der Waals surface area contributed by atoms with Gasteiger partial charge in [0.15, 0.2) is 15.6 Å². The number of ketones is 1. The second-order valence-corrected chi connectivity index (χ2v) is 9.69. The molecule has 0 aliphatic carbocycles. The first-order valence-corrected chi connectivity index (χ1v) is 9.74. The Balaban J connectivity index is 2.07. The van der Waals surface area contributed by atoms with Crippen molar-refractivity contribution in [2.45, 2.75) is 37.6 Å². The van der Waals surface area contributed by atoms with Crippen LogP contribution in [0, 0.1) is 11.2 Å².